The normalized spacial score (nSPS) is 20.7. The summed E-state index contributed by atoms with van der Waals surface area (Å²) in [5.74, 6) is 0. The molecule has 19 heavy (non-hydrogen) atoms. The molecule has 1 aromatic carbocycles. The van der Waals surface area contributed by atoms with Gasteiger partial charge in [0.25, 0.3) is 0 Å². The van der Waals surface area contributed by atoms with Crippen molar-refractivity contribution in [1.82, 2.24) is 9.62 Å². The van der Waals surface area contributed by atoms with E-state index in [0.717, 1.165) is 19.4 Å². The van der Waals surface area contributed by atoms with Gasteiger partial charge in [0.15, 0.2) is 0 Å². The van der Waals surface area contributed by atoms with Gasteiger partial charge in [0.2, 0.25) is 10.0 Å². The van der Waals surface area contributed by atoms with Gasteiger partial charge in [-0.25, -0.2) is 8.42 Å². The van der Waals surface area contributed by atoms with Crippen LogP contribution >= 0.6 is 23.2 Å². The molecule has 1 aromatic rings. The van der Waals surface area contributed by atoms with Gasteiger partial charge in [-0.2, -0.15) is 4.31 Å². The minimum absolute atomic E-state index is 0.0474. The molecule has 0 radical (unpaired) electrons. The van der Waals surface area contributed by atoms with Gasteiger partial charge >= 0.3 is 0 Å². The Morgan fingerprint density at radius 3 is 2.74 bits per heavy atom. The standard InChI is InChI=1S/C12H16Cl2N2O2S/c1-16(10-3-2-6-15-8-10)19(17,18)12-7-9(13)4-5-11(12)14/h4-5,7,10,15H,2-3,6,8H2,1H3. The van der Waals surface area contributed by atoms with Crippen LogP contribution in [-0.2, 0) is 10.0 Å². The molecule has 7 heteroatoms. The molecule has 1 N–H and O–H groups in total. The second kappa shape index (κ2) is 5.97. The highest BCUT2D eigenvalue weighted by molar-refractivity contribution is 7.89. The van der Waals surface area contributed by atoms with E-state index in [2.05, 4.69) is 5.32 Å². The zero-order valence-corrected chi connectivity index (χ0v) is 12.9. The van der Waals surface area contributed by atoms with Gasteiger partial charge in [-0.15, -0.1) is 0 Å². The lowest BCUT2D eigenvalue weighted by Crippen LogP contribution is -2.46. The maximum absolute atomic E-state index is 12.6. The predicted octanol–water partition coefficient (Wildman–Crippen LogP) is 2.37. The second-order valence-electron chi connectivity index (χ2n) is 4.60. The van der Waals surface area contributed by atoms with Crippen LogP contribution in [0.5, 0.6) is 0 Å². The molecule has 106 valence electrons. The average molecular weight is 323 g/mol. The lowest BCUT2D eigenvalue weighted by atomic mass is 10.1. The lowest BCUT2D eigenvalue weighted by molar-refractivity contribution is 0.300. The van der Waals surface area contributed by atoms with Crippen molar-refractivity contribution in [2.24, 2.45) is 0 Å². The number of halogens is 2. The number of nitrogens with one attached hydrogen (secondary N) is 1. The van der Waals surface area contributed by atoms with Crippen molar-refractivity contribution in [2.45, 2.75) is 23.8 Å². The molecule has 0 amide bonds. The Balaban J connectivity index is 2.33. The summed E-state index contributed by atoms with van der Waals surface area (Å²) in [6.07, 6.45) is 1.81. The van der Waals surface area contributed by atoms with Gasteiger partial charge < -0.3 is 5.32 Å². The first-order chi connectivity index (χ1) is 8.93. The summed E-state index contributed by atoms with van der Waals surface area (Å²) >= 11 is 11.8. The molecule has 2 rings (SSSR count). The molecule has 1 aliphatic rings. The molecule has 1 heterocycles. The average Bonchev–Trinajstić information content (AvgIpc) is 2.41. The maximum Gasteiger partial charge on any atom is 0.244 e. The van der Waals surface area contributed by atoms with Gasteiger partial charge in [-0.1, -0.05) is 23.2 Å². The minimum Gasteiger partial charge on any atom is -0.315 e. The summed E-state index contributed by atoms with van der Waals surface area (Å²) in [5.41, 5.74) is 0. The predicted molar refractivity (Wildman–Crippen MR) is 77.3 cm³/mol. The van der Waals surface area contributed by atoms with Crippen LogP contribution in [0.15, 0.2) is 23.1 Å². The molecular formula is C12H16Cl2N2O2S. The van der Waals surface area contributed by atoms with Crippen molar-refractivity contribution < 1.29 is 8.42 Å². The zero-order valence-electron chi connectivity index (χ0n) is 10.6. The van der Waals surface area contributed by atoms with Gasteiger partial charge in [-0.3, -0.25) is 0 Å². The van der Waals surface area contributed by atoms with E-state index in [-0.39, 0.29) is 16.0 Å². The molecule has 1 unspecified atom stereocenters. The van der Waals surface area contributed by atoms with E-state index in [0.29, 0.717) is 11.6 Å². The van der Waals surface area contributed by atoms with Gasteiger partial charge in [-0.05, 0) is 37.6 Å². The van der Waals surface area contributed by atoms with Crippen LogP contribution in [-0.4, -0.2) is 38.9 Å². The van der Waals surface area contributed by atoms with Crippen molar-refractivity contribution in [3.63, 3.8) is 0 Å². The molecule has 4 nitrogen and oxygen atoms in total. The van der Waals surface area contributed by atoms with Crippen LogP contribution in [0.3, 0.4) is 0 Å². The van der Waals surface area contributed by atoms with Crippen molar-refractivity contribution in [2.75, 3.05) is 20.1 Å². The molecule has 1 atom stereocenters. The Morgan fingerprint density at radius 1 is 1.37 bits per heavy atom. The summed E-state index contributed by atoms with van der Waals surface area (Å²) in [6, 6.07) is 4.43. The Hall–Kier alpha value is -0.330. The number of hydrogen-bond donors (Lipinski definition) is 1. The van der Waals surface area contributed by atoms with Gasteiger partial charge in [0.05, 0.1) is 5.02 Å². The Kier molecular flexibility index (Phi) is 4.74. The van der Waals surface area contributed by atoms with Crippen LogP contribution in [0.25, 0.3) is 0 Å². The number of benzene rings is 1. The van der Waals surface area contributed by atoms with Crippen LogP contribution in [0.1, 0.15) is 12.8 Å². The summed E-state index contributed by atoms with van der Waals surface area (Å²) in [5, 5.41) is 3.75. The molecule has 1 saturated heterocycles. The highest BCUT2D eigenvalue weighted by atomic mass is 35.5. The first kappa shape index (κ1) is 15.1. The van der Waals surface area contributed by atoms with E-state index in [9.17, 15) is 8.42 Å². The number of rotatable bonds is 3. The van der Waals surface area contributed by atoms with Crippen LogP contribution < -0.4 is 5.32 Å². The van der Waals surface area contributed by atoms with Crippen molar-refractivity contribution in [3.8, 4) is 0 Å². The van der Waals surface area contributed by atoms with E-state index in [1.807, 2.05) is 0 Å². The molecule has 1 fully saturated rings. The fourth-order valence-electron chi connectivity index (χ4n) is 2.17. The largest absolute Gasteiger partial charge is 0.315 e. The zero-order chi connectivity index (χ0) is 14.0. The quantitative estimate of drug-likeness (QED) is 0.929. The van der Waals surface area contributed by atoms with Crippen LogP contribution in [0.4, 0.5) is 0 Å². The molecule has 0 bridgehead atoms. The fraction of sp³-hybridized carbons (Fsp3) is 0.500. The topological polar surface area (TPSA) is 49.4 Å². The number of likely N-dealkylation sites (N-methyl/N-ethyl adjacent to an activating group) is 1. The van der Waals surface area contributed by atoms with Crippen molar-refractivity contribution >= 4 is 33.2 Å². The fourth-order valence-corrected chi connectivity index (χ4v) is 4.29. The summed E-state index contributed by atoms with van der Waals surface area (Å²) in [6.45, 7) is 1.59. The monoisotopic (exact) mass is 322 g/mol. The highest BCUT2D eigenvalue weighted by Gasteiger charge is 2.30. The first-order valence-corrected chi connectivity index (χ1v) is 8.26. The third-order valence-electron chi connectivity index (χ3n) is 3.34. The Morgan fingerprint density at radius 2 is 2.11 bits per heavy atom. The number of sulfonamides is 1. The Labute approximate surface area is 123 Å². The van der Waals surface area contributed by atoms with E-state index in [1.165, 1.54) is 16.4 Å². The number of nitrogens with zero attached hydrogens (tertiary/aromatic N) is 1. The molecule has 0 aromatic heterocycles. The molecule has 1 aliphatic heterocycles. The number of hydrogen-bond acceptors (Lipinski definition) is 3. The number of piperidine rings is 1. The second-order valence-corrected chi connectivity index (χ2v) is 7.41. The summed E-state index contributed by atoms with van der Waals surface area (Å²) in [7, 11) is -2.03. The highest BCUT2D eigenvalue weighted by Crippen LogP contribution is 2.28. The van der Waals surface area contributed by atoms with Gasteiger partial charge in [0.1, 0.15) is 4.90 Å². The smallest absolute Gasteiger partial charge is 0.244 e. The van der Waals surface area contributed by atoms with Crippen LogP contribution in [0, 0.1) is 0 Å². The van der Waals surface area contributed by atoms with Crippen molar-refractivity contribution in [3.05, 3.63) is 28.2 Å². The van der Waals surface area contributed by atoms with Crippen molar-refractivity contribution in [1.29, 1.82) is 0 Å². The molecule has 0 saturated carbocycles. The minimum atomic E-state index is -3.61. The third-order valence-corrected chi connectivity index (χ3v) is 5.96. The maximum atomic E-state index is 12.6. The van der Waals surface area contributed by atoms with E-state index < -0.39 is 10.0 Å². The molecule has 0 aliphatic carbocycles. The van der Waals surface area contributed by atoms with E-state index >= 15 is 0 Å². The summed E-state index contributed by atoms with van der Waals surface area (Å²) in [4.78, 5) is 0.0646. The van der Waals surface area contributed by atoms with Gasteiger partial charge in [0, 0.05) is 24.7 Å². The first-order valence-electron chi connectivity index (χ1n) is 6.07. The molecule has 0 spiro atoms. The van der Waals surface area contributed by atoms with Crippen LogP contribution in [0.2, 0.25) is 10.0 Å². The van der Waals surface area contributed by atoms with E-state index in [4.69, 9.17) is 23.2 Å². The lowest BCUT2D eigenvalue weighted by Gasteiger charge is -2.31. The third kappa shape index (κ3) is 3.23. The summed E-state index contributed by atoms with van der Waals surface area (Å²) < 4.78 is 26.5. The SMILES string of the molecule is CN(C1CCCNC1)S(=O)(=O)c1cc(Cl)ccc1Cl. The molecular weight excluding hydrogens is 307 g/mol. The Bertz CT molecular complexity index is 557. The van der Waals surface area contributed by atoms with E-state index in [1.54, 1.807) is 13.1 Å².